The van der Waals surface area contributed by atoms with Crippen molar-refractivity contribution in [2.45, 2.75) is 42.6 Å². The quantitative estimate of drug-likeness (QED) is 0.777. The molecule has 2 rings (SSSR count). The first-order valence-corrected chi connectivity index (χ1v) is 8.65. The van der Waals surface area contributed by atoms with Crippen LogP contribution in [0.25, 0.3) is 0 Å². The molecule has 0 heterocycles. The van der Waals surface area contributed by atoms with Crippen molar-refractivity contribution in [1.29, 1.82) is 0 Å². The van der Waals surface area contributed by atoms with Gasteiger partial charge in [-0.25, -0.2) is 8.42 Å². The van der Waals surface area contributed by atoms with E-state index < -0.39 is 26.1 Å². The van der Waals surface area contributed by atoms with E-state index in [0.29, 0.717) is 18.6 Å². The number of ether oxygens (including phenoxy) is 1. The molecule has 0 unspecified atom stereocenters. The van der Waals surface area contributed by atoms with Crippen molar-refractivity contribution in [3.05, 3.63) is 29.8 Å². The predicted octanol–water partition coefficient (Wildman–Crippen LogP) is 3.22. The number of Topliss-reactive ketones (excluding diaryl/α,β-unsaturated/α-hetero) is 1. The highest BCUT2D eigenvalue weighted by molar-refractivity contribution is 7.93. The highest BCUT2D eigenvalue weighted by atomic mass is 32.2. The minimum Gasteiger partial charge on any atom is -0.497 e. The average molecular weight is 332 g/mol. The van der Waals surface area contributed by atoms with Crippen LogP contribution in [0.3, 0.4) is 0 Å². The van der Waals surface area contributed by atoms with Crippen LogP contribution in [0.1, 0.15) is 42.5 Å². The van der Waals surface area contributed by atoms with Gasteiger partial charge in [0.15, 0.2) is 0 Å². The SMILES string of the molecule is COc1ccc(C(=O)C(F)(F)S(=O)(=O)C2CCCCC2)cc1. The summed E-state index contributed by atoms with van der Waals surface area (Å²) in [7, 11) is -3.44. The lowest BCUT2D eigenvalue weighted by Crippen LogP contribution is -2.44. The molecular formula is C15H18F2O4S. The molecule has 22 heavy (non-hydrogen) atoms. The number of halogens is 2. The molecule has 122 valence electrons. The summed E-state index contributed by atoms with van der Waals surface area (Å²) in [5, 5.41) is -5.54. The number of ketones is 1. The van der Waals surface area contributed by atoms with Gasteiger partial charge in [0.25, 0.3) is 0 Å². The van der Waals surface area contributed by atoms with Crippen molar-refractivity contribution in [3.63, 3.8) is 0 Å². The second kappa shape index (κ2) is 6.32. The van der Waals surface area contributed by atoms with Gasteiger partial charge in [-0.3, -0.25) is 4.79 Å². The summed E-state index contributed by atoms with van der Waals surface area (Å²) in [6, 6.07) is 4.98. The summed E-state index contributed by atoms with van der Waals surface area (Å²) < 4.78 is 57.7. The van der Waals surface area contributed by atoms with Crippen LogP contribution in [0.5, 0.6) is 5.75 Å². The van der Waals surface area contributed by atoms with E-state index in [2.05, 4.69) is 0 Å². The molecule has 0 aliphatic heterocycles. The van der Waals surface area contributed by atoms with Crippen LogP contribution in [0.2, 0.25) is 0 Å². The van der Waals surface area contributed by atoms with Crippen molar-refractivity contribution in [1.82, 2.24) is 0 Å². The molecule has 7 heteroatoms. The number of alkyl halides is 2. The average Bonchev–Trinajstić information content (AvgIpc) is 2.54. The van der Waals surface area contributed by atoms with E-state index >= 15 is 0 Å². The lowest BCUT2D eigenvalue weighted by atomic mass is 10.0. The van der Waals surface area contributed by atoms with Gasteiger partial charge >= 0.3 is 5.25 Å². The third-order valence-corrected chi connectivity index (χ3v) is 6.21. The molecule has 0 aromatic heterocycles. The van der Waals surface area contributed by atoms with Crippen LogP contribution >= 0.6 is 0 Å². The largest absolute Gasteiger partial charge is 0.497 e. The minimum atomic E-state index is -4.84. The maximum Gasteiger partial charge on any atom is 0.407 e. The summed E-state index contributed by atoms with van der Waals surface area (Å²) in [5.74, 6) is -1.28. The van der Waals surface area contributed by atoms with Gasteiger partial charge in [-0.05, 0) is 37.1 Å². The molecule has 1 aliphatic rings. The second-order valence-corrected chi connectivity index (χ2v) is 7.65. The molecule has 1 fully saturated rings. The van der Waals surface area contributed by atoms with E-state index in [4.69, 9.17) is 4.74 Å². The summed E-state index contributed by atoms with van der Waals surface area (Å²) in [4.78, 5) is 12.0. The normalized spacial score (nSPS) is 17.2. The number of hydrogen-bond acceptors (Lipinski definition) is 4. The van der Waals surface area contributed by atoms with Gasteiger partial charge in [-0.15, -0.1) is 0 Å². The van der Waals surface area contributed by atoms with Crippen LogP contribution in [0.15, 0.2) is 24.3 Å². The van der Waals surface area contributed by atoms with Gasteiger partial charge in [0.1, 0.15) is 5.75 Å². The minimum absolute atomic E-state index is 0.188. The monoisotopic (exact) mass is 332 g/mol. The number of methoxy groups -OCH3 is 1. The standard InChI is InChI=1S/C15H18F2O4S/c1-21-12-9-7-11(8-10-12)14(18)15(16,17)22(19,20)13-5-3-2-4-6-13/h7-10,13H,2-6H2,1H3. The fourth-order valence-corrected chi connectivity index (χ4v) is 4.37. The highest BCUT2D eigenvalue weighted by Crippen LogP contribution is 2.36. The second-order valence-electron chi connectivity index (χ2n) is 5.38. The Hall–Kier alpha value is -1.50. The molecule has 0 bridgehead atoms. The molecule has 0 saturated heterocycles. The number of benzene rings is 1. The Morgan fingerprint density at radius 1 is 1.14 bits per heavy atom. The Morgan fingerprint density at radius 2 is 1.68 bits per heavy atom. The molecule has 0 amide bonds. The van der Waals surface area contributed by atoms with Gasteiger partial charge in [0, 0.05) is 5.56 Å². The molecule has 0 radical (unpaired) electrons. The van der Waals surface area contributed by atoms with E-state index in [1.165, 1.54) is 19.2 Å². The van der Waals surface area contributed by atoms with E-state index in [0.717, 1.165) is 18.6 Å². The number of sulfone groups is 1. The predicted molar refractivity (Wildman–Crippen MR) is 78.1 cm³/mol. The molecule has 0 atom stereocenters. The van der Waals surface area contributed by atoms with Crippen molar-refractivity contribution >= 4 is 15.6 Å². The number of carbonyl (C=O) groups excluding carboxylic acids is 1. The van der Waals surface area contributed by atoms with Crippen LogP contribution in [-0.4, -0.2) is 31.8 Å². The molecule has 1 aromatic carbocycles. The van der Waals surface area contributed by atoms with E-state index in [9.17, 15) is 22.0 Å². The maximum atomic E-state index is 14.3. The van der Waals surface area contributed by atoms with E-state index in [-0.39, 0.29) is 18.4 Å². The Bertz CT molecular complexity index is 632. The number of rotatable bonds is 5. The number of hydrogen-bond donors (Lipinski definition) is 0. The Morgan fingerprint density at radius 3 is 2.18 bits per heavy atom. The first-order chi connectivity index (χ1) is 10.3. The lowest BCUT2D eigenvalue weighted by Gasteiger charge is -2.26. The van der Waals surface area contributed by atoms with Crippen LogP contribution in [-0.2, 0) is 9.84 Å². The third-order valence-electron chi connectivity index (χ3n) is 3.96. The fourth-order valence-electron chi connectivity index (χ4n) is 2.62. The zero-order valence-corrected chi connectivity index (χ0v) is 13.0. The third kappa shape index (κ3) is 2.99. The maximum absolute atomic E-state index is 14.3. The van der Waals surface area contributed by atoms with E-state index in [1.807, 2.05) is 0 Å². The van der Waals surface area contributed by atoms with Gasteiger partial charge in [0.2, 0.25) is 15.6 Å². The molecule has 4 nitrogen and oxygen atoms in total. The zero-order chi connectivity index (χ0) is 16.4. The molecule has 1 aliphatic carbocycles. The summed E-state index contributed by atoms with van der Waals surface area (Å²) in [6.45, 7) is 0. The molecule has 1 aromatic rings. The first-order valence-electron chi connectivity index (χ1n) is 7.11. The zero-order valence-electron chi connectivity index (χ0n) is 12.2. The van der Waals surface area contributed by atoms with Gasteiger partial charge in [0.05, 0.1) is 12.4 Å². The lowest BCUT2D eigenvalue weighted by molar-refractivity contribution is 0.0520. The highest BCUT2D eigenvalue weighted by Gasteiger charge is 2.55. The van der Waals surface area contributed by atoms with Crippen molar-refractivity contribution < 1.29 is 26.7 Å². The Labute approximate surface area is 128 Å². The molecule has 0 N–H and O–H groups in total. The van der Waals surface area contributed by atoms with Crippen LogP contribution in [0, 0.1) is 0 Å². The molecule has 1 saturated carbocycles. The smallest absolute Gasteiger partial charge is 0.407 e. The summed E-state index contributed by atoms with van der Waals surface area (Å²) in [6.07, 6.45) is 2.40. The Kier molecular flexibility index (Phi) is 4.84. The first kappa shape index (κ1) is 16.9. The van der Waals surface area contributed by atoms with Crippen molar-refractivity contribution in [2.75, 3.05) is 7.11 Å². The van der Waals surface area contributed by atoms with Crippen LogP contribution in [0.4, 0.5) is 8.78 Å². The summed E-state index contributed by atoms with van der Waals surface area (Å²) in [5.41, 5.74) is -0.342. The molecular weight excluding hydrogens is 314 g/mol. The topological polar surface area (TPSA) is 60.4 Å². The van der Waals surface area contributed by atoms with Gasteiger partial charge in [-0.2, -0.15) is 8.78 Å². The van der Waals surface area contributed by atoms with Crippen molar-refractivity contribution in [3.8, 4) is 5.75 Å². The van der Waals surface area contributed by atoms with Gasteiger partial charge in [-0.1, -0.05) is 19.3 Å². The fraction of sp³-hybridized carbons (Fsp3) is 0.533. The summed E-state index contributed by atoms with van der Waals surface area (Å²) >= 11 is 0. The Balaban J connectivity index is 2.28. The number of carbonyl (C=O) groups is 1. The van der Waals surface area contributed by atoms with E-state index in [1.54, 1.807) is 0 Å². The van der Waals surface area contributed by atoms with Gasteiger partial charge < -0.3 is 4.74 Å². The van der Waals surface area contributed by atoms with Crippen LogP contribution < -0.4 is 4.74 Å². The molecule has 0 spiro atoms. The van der Waals surface area contributed by atoms with Crippen molar-refractivity contribution in [2.24, 2.45) is 0 Å².